The molecule has 0 spiro atoms. The maximum Gasteiger partial charge on any atom is 0.418 e. The first-order chi connectivity index (χ1) is 17.7. The fourth-order valence-corrected chi connectivity index (χ4v) is 5.22. The van der Waals surface area contributed by atoms with E-state index < -0.39 is 55.5 Å². The van der Waals surface area contributed by atoms with Crippen LogP contribution in [0.4, 0.5) is 29.2 Å². The number of nitrogens with one attached hydrogen (secondary N) is 1. The molecule has 8 nitrogen and oxygen atoms in total. The number of rotatable bonds is 6. The van der Waals surface area contributed by atoms with Crippen molar-refractivity contribution in [2.75, 3.05) is 22.7 Å². The molecule has 0 aliphatic carbocycles. The van der Waals surface area contributed by atoms with E-state index in [1.165, 1.54) is 12.1 Å². The first-order valence-electron chi connectivity index (χ1n) is 11.2. The number of carboxylic acid groups (broad SMARTS) is 1. The van der Waals surface area contributed by atoms with Crippen molar-refractivity contribution in [1.82, 2.24) is 9.97 Å². The van der Waals surface area contributed by atoms with E-state index in [0.717, 1.165) is 24.3 Å². The van der Waals surface area contributed by atoms with Crippen LogP contribution < -0.4 is 9.62 Å². The number of halogens is 5. The van der Waals surface area contributed by atoms with Gasteiger partial charge in [0.15, 0.2) is 5.03 Å². The summed E-state index contributed by atoms with van der Waals surface area (Å²) in [5, 5.41) is 8.66. The van der Waals surface area contributed by atoms with Crippen LogP contribution in [0.15, 0.2) is 53.6 Å². The van der Waals surface area contributed by atoms with Gasteiger partial charge in [-0.1, -0.05) is 17.7 Å². The van der Waals surface area contributed by atoms with Gasteiger partial charge in [0.05, 0.1) is 21.7 Å². The normalized spacial score (nSPS) is 15.8. The van der Waals surface area contributed by atoms with Gasteiger partial charge < -0.3 is 10.0 Å². The molecular formula is C24H21ClF4N4O4S. The van der Waals surface area contributed by atoms with Crippen molar-refractivity contribution in [3.8, 4) is 11.3 Å². The summed E-state index contributed by atoms with van der Waals surface area (Å²) in [7, 11) is -4.39. The lowest BCUT2D eigenvalue weighted by Crippen LogP contribution is -2.43. The third kappa shape index (κ3) is 5.68. The van der Waals surface area contributed by atoms with Crippen LogP contribution in [0.1, 0.15) is 25.3 Å². The minimum Gasteiger partial charge on any atom is -0.481 e. The topological polar surface area (TPSA) is 112 Å². The predicted octanol–water partition coefficient (Wildman–Crippen LogP) is 5.45. The van der Waals surface area contributed by atoms with E-state index in [1.807, 2.05) is 0 Å². The zero-order valence-electron chi connectivity index (χ0n) is 19.8. The maximum atomic E-state index is 13.6. The van der Waals surface area contributed by atoms with Gasteiger partial charge in [-0.15, -0.1) is 0 Å². The quantitative estimate of drug-likeness (QED) is 0.378. The highest BCUT2D eigenvalue weighted by Gasteiger charge is 2.38. The number of carboxylic acids is 1. The van der Waals surface area contributed by atoms with Crippen LogP contribution in [0.3, 0.4) is 0 Å². The summed E-state index contributed by atoms with van der Waals surface area (Å²) in [5.74, 6) is -1.80. The Morgan fingerprint density at radius 3 is 2.39 bits per heavy atom. The van der Waals surface area contributed by atoms with Crippen molar-refractivity contribution >= 4 is 39.2 Å². The van der Waals surface area contributed by atoms with E-state index in [2.05, 4.69) is 14.7 Å². The summed E-state index contributed by atoms with van der Waals surface area (Å²) in [6.07, 6.45) is -4.18. The molecule has 4 rings (SSSR count). The molecule has 0 amide bonds. The van der Waals surface area contributed by atoms with E-state index in [1.54, 1.807) is 17.9 Å². The number of benzene rings is 1. The van der Waals surface area contributed by atoms with Gasteiger partial charge in [0.25, 0.3) is 10.0 Å². The molecule has 0 saturated carbocycles. The lowest BCUT2D eigenvalue weighted by molar-refractivity contribution is -0.149. The van der Waals surface area contributed by atoms with Gasteiger partial charge in [-0.3, -0.25) is 9.52 Å². The van der Waals surface area contributed by atoms with Crippen molar-refractivity contribution in [2.45, 2.75) is 31.0 Å². The average molecular weight is 573 g/mol. The van der Waals surface area contributed by atoms with E-state index >= 15 is 0 Å². The van der Waals surface area contributed by atoms with E-state index in [0.29, 0.717) is 37.8 Å². The molecule has 0 unspecified atom stereocenters. The van der Waals surface area contributed by atoms with E-state index in [-0.39, 0.29) is 10.6 Å². The number of pyridine rings is 2. The monoisotopic (exact) mass is 572 g/mol. The first kappa shape index (κ1) is 27.6. The van der Waals surface area contributed by atoms with Crippen LogP contribution in [0.2, 0.25) is 5.02 Å². The number of aromatic nitrogens is 2. The van der Waals surface area contributed by atoms with Gasteiger partial charge >= 0.3 is 12.1 Å². The number of hydrogen-bond donors (Lipinski definition) is 2. The second-order valence-corrected chi connectivity index (χ2v) is 11.0. The van der Waals surface area contributed by atoms with Gasteiger partial charge in [0.1, 0.15) is 17.5 Å². The van der Waals surface area contributed by atoms with Gasteiger partial charge in [0.2, 0.25) is 0 Å². The number of carbonyl (C=O) groups is 1. The van der Waals surface area contributed by atoms with E-state index in [4.69, 9.17) is 11.6 Å². The Labute approximate surface area is 220 Å². The minimum atomic E-state index is -4.85. The second-order valence-electron chi connectivity index (χ2n) is 9.01. The molecule has 38 heavy (non-hydrogen) atoms. The fraction of sp³-hybridized carbons (Fsp3) is 0.292. The summed E-state index contributed by atoms with van der Waals surface area (Å²) in [4.78, 5) is 21.3. The van der Waals surface area contributed by atoms with Crippen LogP contribution in [0, 0.1) is 11.2 Å². The Kier molecular flexibility index (Phi) is 7.28. The third-order valence-electron chi connectivity index (χ3n) is 6.32. The van der Waals surface area contributed by atoms with Crippen molar-refractivity contribution in [3.63, 3.8) is 0 Å². The number of aliphatic carboxylic acids is 1. The Bertz CT molecular complexity index is 1490. The molecule has 1 fully saturated rings. The van der Waals surface area contributed by atoms with Crippen molar-refractivity contribution in [2.24, 2.45) is 5.41 Å². The standard InChI is InChI=1S/C24H21ClF4N4O4S/c1-23(22(34)35)9-11-33(12-10-23)19-3-2-4-20(31-19)38(36,37)32-18-8-7-16(24(27,28)29)21(30-18)15-6-5-14(26)13-17(15)25/h2-8,13H,9-12H2,1H3,(H,30,32)(H,34,35). The van der Waals surface area contributed by atoms with Crippen LogP contribution >= 0.6 is 11.6 Å². The SMILES string of the molecule is CC1(C(=O)O)CCN(c2cccc(S(=O)(=O)Nc3ccc(C(F)(F)F)c(-c4ccc(F)cc4Cl)n3)n2)CC1. The van der Waals surface area contributed by atoms with Crippen molar-refractivity contribution < 1.29 is 35.9 Å². The van der Waals surface area contributed by atoms with Gasteiger partial charge in [-0.25, -0.2) is 14.4 Å². The highest BCUT2D eigenvalue weighted by Crippen LogP contribution is 2.39. The third-order valence-corrected chi connectivity index (χ3v) is 7.89. The molecule has 202 valence electrons. The molecule has 2 N–H and O–H groups in total. The van der Waals surface area contributed by atoms with E-state index in [9.17, 15) is 35.9 Å². The van der Waals surface area contributed by atoms with Gasteiger partial charge in [-0.2, -0.15) is 21.6 Å². The molecule has 3 aromatic rings. The largest absolute Gasteiger partial charge is 0.481 e. The zero-order chi connectivity index (χ0) is 27.9. The Hall–Kier alpha value is -3.45. The first-order valence-corrected chi connectivity index (χ1v) is 13.1. The molecular weight excluding hydrogens is 552 g/mol. The molecule has 0 bridgehead atoms. The second kappa shape index (κ2) is 10.0. The molecule has 0 atom stereocenters. The number of nitrogens with zero attached hydrogens (tertiary/aromatic N) is 3. The smallest absolute Gasteiger partial charge is 0.418 e. The highest BCUT2D eigenvalue weighted by atomic mass is 35.5. The van der Waals surface area contributed by atoms with Gasteiger partial charge in [-0.05, 0) is 62.2 Å². The Morgan fingerprint density at radius 2 is 1.79 bits per heavy atom. The maximum absolute atomic E-state index is 13.6. The summed E-state index contributed by atoms with van der Waals surface area (Å²) >= 11 is 5.96. The molecule has 0 radical (unpaired) electrons. The van der Waals surface area contributed by atoms with Gasteiger partial charge in [0, 0.05) is 18.7 Å². The number of hydrogen-bond acceptors (Lipinski definition) is 6. The molecule has 1 aliphatic heterocycles. The molecule has 1 saturated heterocycles. The summed E-state index contributed by atoms with van der Waals surface area (Å²) < 4.78 is 82.7. The average Bonchev–Trinajstić information content (AvgIpc) is 2.83. The molecule has 1 aliphatic rings. The molecule has 2 aromatic heterocycles. The van der Waals surface area contributed by atoms with Crippen molar-refractivity contribution in [1.29, 1.82) is 0 Å². The van der Waals surface area contributed by atoms with Crippen molar-refractivity contribution in [3.05, 3.63) is 64.9 Å². The lowest BCUT2D eigenvalue weighted by Gasteiger charge is -2.37. The van der Waals surface area contributed by atoms with Crippen LogP contribution in [-0.4, -0.2) is 42.6 Å². The Balaban J connectivity index is 1.63. The summed E-state index contributed by atoms with van der Waals surface area (Å²) in [6, 6.07) is 8.49. The summed E-state index contributed by atoms with van der Waals surface area (Å²) in [6.45, 7) is 2.33. The molecule has 3 heterocycles. The van der Waals surface area contributed by atoms with Crippen LogP contribution in [-0.2, 0) is 21.0 Å². The predicted molar refractivity (Wildman–Crippen MR) is 132 cm³/mol. The zero-order valence-corrected chi connectivity index (χ0v) is 21.3. The fourth-order valence-electron chi connectivity index (χ4n) is 3.99. The number of piperidine rings is 1. The molecule has 1 aromatic carbocycles. The Morgan fingerprint density at radius 1 is 1.11 bits per heavy atom. The number of anilines is 2. The minimum absolute atomic E-state index is 0.236. The number of alkyl halides is 3. The van der Waals surface area contributed by atoms with Crippen LogP contribution in [0.5, 0.6) is 0 Å². The van der Waals surface area contributed by atoms with Crippen LogP contribution in [0.25, 0.3) is 11.3 Å². The summed E-state index contributed by atoms with van der Waals surface area (Å²) in [5.41, 5.74) is -2.99. The lowest BCUT2D eigenvalue weighted by atomic mass is 9.80. The molecule has 14 heteroatoms. The highest BCUT2D eigenvalue weighted by molar-refractivity contribution is 7.92. The number of sulfonamides is 1.